The van der Waals surface area contributed by atoms with Gasteiger partial charge < -0.3 is 9.80 Å². The SMILES string of the molecule is CCCc1nc(C(=O)N2C[C@@H]3CN(C(C)=O)[C@@H](c4ccccc4C)[C@@H]3C2)cs1. The number of likely N-dealkylation sites (tertiary alicyclic amines) is 2. The number of carbonyl (C=O) groups is 2. The number of benzene rings is 1. The third-order valence-electron chi connectivity index (χ3n) is 6.10. The summed E-state index contributed by atoms with van der Waals surface area (Å²) in [6.07, 6.45) is 1.96. The van der Waals surface area contributed by atoms with Crippen LogP contribution < -0.4 is 0 Å². The molecule has 0 saturated carbocycles. The normalized spacial score (nSPS) is 23.9. The third-order valence-corrected chi connectivity index (χ3v) is 7.01. The second-order valence-electron chi connectivity index (χ2n) is 7.98. The molecule has 6 heteroatoms. The molecular formula is C22H27N3O2S. The predicted molar refractivity (Wildman–Crippen MR) is 110 cm³/mol. The van der Waals surface area contributed by atoms with Gasteiger partial charge in [0.1, 0.15) is 5.69 Å². The van der Waals surface area contributed by atoms with Gasteiger partial charge in [0.15, 0.2) is 0 Å². The van der Waals surface area contributed by atoms with Crippen LogP contribution in [-0.2, 0) is 11.2 Å². The average Bonchev–Trinajstić information content (AvgIpc) is 3.36. The van der Waals surface area contributed by atoms with Crippen LogP contribution in [0.15, 0.2) is 29.6 Å². The van der Waals surface area contributed by atoms with Crippen LogP contribution in [0.25, 0.3) is 0 Å². The highest BCUT2D eigenvalue weighted by Crippen LogP contribution is 2.46. The summed E-state index contributed by atoms with van der Waals surface area (Å²) >= 11 is 1.57. The van der Waals surface area contributed by atoms with Crippen LogP contribution in [0.1, 0.15) is 52.9 Å². The van der Waals surface area contributed by atoms with Crippen molar-refractivity contribution in [1.29, 1.82) is 0 Å². The van der Waals surface area contributed by atoms with Crippen molar-refractivity contribution in [1.82, 2.24) is 14.8 Å². The van der Waals surface area contributed by atoms with Crippen LogP contribution in [-0.4, -0.2) is 46.2 Å². The minimum absolute atomic E-state index is 0.0333. The zero-order valence-electron chi connectivity index (χ0n) is 16.7. The number of hydrogen-bond donors (Lipinski definition) is 0. The summed E-state index contributed by atoms with van der Waals surface area (Å²) in [4.78, 5) is 33.8. The Morgan fingerprint density at radius 1 is 1.21 bits per heavy atom. The fourth-order valence-electron chi connectivity index (χ4n) is 4.75. The molecule has 2 fully saturated rings. The summed E-state index contributed by atoms with van der Waals surface area (Å²) < 4.78 is 0. The molecule has 148 valence electrons. The number of aryl methyl sites for hydroxylation is 2. The fraction of sp³-hybridized carbons (Fsp3) is 0.500. The third kappa shape index (κ3) is 3.34. The highest BCUT2D eigenvalue weighted by Gasteiger charge is 2.49. The molecule has 1 aromatic heterocycles. The van der Waals surface area contributed by atoms with Crippen LogP contribution in [0.3, 0.4) is 0 Å². The van der Waals surface area contributed by atoms with Crippen LogP contribution in [0, 0.1) is 18.8 Å². The van der Waals surface area contributed by atoms with Crippen molar-refractivity contribution >= 4 is 23.2 Å². The van der Waals surface area contributed by atoms with Crippen molar-refractivity contribution in [2.24, 2.45) is 11.8 Å². The Kier molecular flexibility index (Phi) is 5.23. The molecule has 1 aromatic carbocycles. The Hall–Kier alpha value is -2.21. The van der Waals surface area contributed by atoms with E-state index in [9.17, 15) is 9.59 Å². The summed E-state index contributed by atoms with van der Waals surface area (Å²) in [5.41, 5.74) is 2.98. The maximum Gasteiger partial charge on any atom is 0.273 e. The highest BCUT2D eigenvalue weighted by molar-refractivity contribution is 7.09. The Morgan fingerprint density at radius 3 is 2.71 bits per heavy atom. The number of nitrogens with zero attached hydrogens (tertiary/aromatic N) is 3. The Bertz CT molecular complexity index is 893. The number of amides is 2. The molecule has 3 heterocycles. The van der Waals surface area contributed by atoms with E-state index < -0.39 is 0 Å². The largest absolute Gasteiger partial charge is 0.337 e. The highest BCUT2D eigenvalue weighted by atomic mass is 32.1. The van der Waals surface area contributed by atoms with Crippen molar-refractivity contribution in [2.75, 3.05) is 19.6 Å². The molecule has 0 spiro atoms. The van der Waals surface area contributed by atoms with Gasteiger partial charge in [-0.3, -0.25) is 9.59 Å². The van der Waals surface area contributed by atoms with Crippen molar-refractivity contribution in [3.05, 3.63) is 51.5 Å². The zero-order valence-corrected chi connectivity index (χ0v) is 17.5. The lowest BCUT2D eigenvalue weighted by molar-refractivity contribution is -0.130. The second kappa shape index (κ2) is 7.66. The summed E-state index contributed by atoms with van der Waals surface area (Å²) in [6.45, 7) is 7.99. The van der Waals surface area contributed by atoms with E-state index in [4.69, 9.17) is 0 Å². The molecule has 5 nitrogen and oxygen atoms in total. The van der Waals surface area contributed by atoms with Gasteiger partial charge in [-0.2, -0.15) is 0 Å². The molecule has 0 aliphatic carbocycles. The van der Waals surface area contributed by atoms with E-state index in [1.165, 1.54) is 11.1 Å². The van der Waals surface area contributed by atoms with Crippen LogP contribution in [0.4, 0.5) is 0 Å². The zero-order chi connectivity index (χ0) is 19.8. The van der Waals surface area contributed by atoms with E-state index >= 15 is 0 Å². The van der Waals surface area contributed by atoms with Crippen LogP contribution in [0.5, 0.6) is 0 Å². The monoisotopic (exact) mass is 397 g/mol. The van der Waals surface area contributed by atoms with Crippen molar-refractivity contribution in [3.8, 4) is 0 Å². The Morgan fingerprint density at radius 2 is 2.00 bits per heavy atom. The summed E-state index contributed by atoms with van der Waals surface area (Å²) in [7, 11) is 0. The van der Waals surface area contributed by atoms with E-state index in [2.05, 4.69) is 31.0 Å². The topological polar surface area (TPSA) is 53.5 Å². The summed E-state index contributed by atoms with van der Waals surface area (Å²) in [5, 5.41) is 2.92. The lowest BCUT2D eigenvalue weighted by Gasteiger charge is -2.30. The molecule has 2 aromatic rings. The van der Waals surface area contributed by atoms with Gasteiger partial charge in [-0.05, 0) is 30.9 Å². The standard InChI is InChI=1S/C22H27N3O2S/c1-4-7-20-23-19(13-28-20)22(27)24-10-16-11-25(15(3)26)21(18(16)12-24)17-9-6-5-8-14(17)2/h5-6,8-9,13,16,18,21H,4,7,10-12H2,1-3H3/t16-,18-,21+/m1/s1. The smallest absolute Gasteiger partial charge is 0.273 e. The van der Waals surface area contributed by atoms with Gasteiger partial charge in [0, 0.05) is 43.8 Å². The minimum atomic E-state index is 0.0333. The minimum Gasteiger partial charge on any atom is -0.337 e. The Labute approximate surface area is 170 Å². The molecule has 0 N–H and O–H groups in total. The van der Waals surface area contributed by atoms with Gasteiger partial charge in [-0.15, -0.1) is 11.3 Å². The molecule has 2 saturated heterocycles. The number of hydrogen-bond acceptors (Lipinski definition) is 4. The number of rotatable bonds is 4. The first kappa shape index (κ1) is 19.1. The molecule has 3 atom stereocenters. The molecule has 0 unspecified atom stereocenters. The number of fused-ring (bicyclic) bond motifs is 1. The first-order valence-corrected chi connectivity index (χ1v) is 10.9. The maximum absolute atomic E-state index is 13.0. The average molecular weight is 398 g/mol. The van der Waals surface area contributed by atoms with Gasteiger partial charge >= 0.3 is 0 Å². The van der Waals surface area contributed by atoms with Crippen LogP contribution >= 0.6 is 11.3 Å². The molecular weight excluding hydrogens is 370 g/mol. The molecule has 4 rings (SSSR count). The van der Waals surface area contributed by atoms with Crippen molar-refractivity contribution in [2.45, 2.75) is 39.7 Å². The lowest BCUT2D eigenvalue weighted by atomic mass is 9.87. The molecule has 2 aliphatic rings. The first-order valence-electron chi connectivity index (χ1n) is 10.1. The summed E-state index contributed by atoms with van der Waals surface area (Å²) in [6, 6.07) is 8.34. The van der Waals surface area contributed by atoms with E-state index in [1.807, 2.05) is 27.3 Å². The van der Waals surface area contributed by atoms with E-state index in [0.29, 0.717) is 24.7 Å². The van der Waals surface area contributed by atoms with E-state index in [0.717, 1.165) is 24.4 Å². The quantitative estimate of drug-likeness (QED) is 0.791. The van der Waals surface area contributed by atoms with Gasteiger partial charge in [-0.25, -0.2) is 4.98 Å². The van der Waals surface area contributed by atoms with Gasteiger partial charge in [0.2, 0.25) is 5.91 Å². The fourth-order valence-corrected chi connectivity index (χ4v) is 5.63. The molecule has 2 amide bonds. The van der Waals surface area contributed by atoms with Crippen molar-refractivity contribution < 1.29 is 9.59 Å². The van der Waals surface area contributed by atoms with Gasteiger partial charge in [0.25, 0.3) is 5.91 Å². The second-order valence-corrected chi connectivity index (χ2v) is 8.93. The summed E-state index contributed by atoms with van der Waals surface area (Å²) in [5.74, 6) is 0.754. The van der Waals surface area contributed by atoms with E-state index in [1.54, 1.807) is 18.3 Å². The maximum atomic E-state index is 13.0. The van der Waals surface area contributed by atoms with Gasteiger partial charge in [-0.1, -0.05) is 31.2 Å². The number of aromatic nitrogens is 1. The van der Waals surface area contributed by atoms with Crippen molar-refractivity contribution in [3.63, 3.8) is 0 Å². The van der Waals surface area contributed by atoms with Crippen LogP contribution in [0.2, 0.25) is 0 Å². The first-order chi connectivity index (χ1) is 13.5. The number of thiazole rings is 1. The predicted octanol–water partition coefficient (Wildman–Crippen LogP) is 3.70. The number of carbonyl (C=O) groups excluding carboxylic acids is 2. The lowest BCUT2D eigenvalue weighted by Crippen LogP contribution is -2.36. The Balaban J connectivity index is 1.56. The van der Waals surface area contributed by atoms with Gasteiger partial charge in [0.05, 0.1) is 11.0 Å². The molecule has 2 aliphatic heterocycles. The van der Waals surface area contributed by atoms with E-state index in [-0.39, 0.29) is 23.8 Å². The molecule has 28 heavy (non-hydrogen) atoms. The molecule has 0 radical (unpaired) electrons. The molecule has 0 bridgehead atoms.